The molecular formula is C12H14N4O3. The average molecular weight is 262 g/mol. The third-order valence-electron chi connectivity index (χ3n) is 2.50. The normalized spacial score (nSPS) is 10.2. The first-order valence-corrected chi connectivity index (χ1v) is 5.61. The van der Waals surface area contributed by atoms with Crippen LogP contribution in [0.25, 0.3) is 0 Å². The van der Waals surface area contributed by atoms with E-state index in [1.165, 1.54) is 7.11 Å². The number of anilines is 1. The van der Waals surface area contributed by atoms with Gasteiger partial charge in [0.15, 0.2) is 5.82 Å². The van der Waals surface area contributed by atoms with Crippen molar-refractivity contribution in [3.05, 3.63) is 35.5 Å². The quantitative estimate of drug-likeness (QED) is 0.793. The van der Waals surface area contributed by atoms with Crippen molar-refractivity contribution in [1.29, 1.82) is 0 Å². The second-order valence-electron chi connectivity index (χ2n) is 3.84. The molecule has 0 aliphatic carbocycles. The minimum atomic E-state index is -0.327. The number of hydrogen-bond donors (Lipinski definition) is 2. The van der Waals surface area contributed by atoms with E-state index in [0.29, 0.717) is 28.7 Å². The molecule has 0 aliphatic heterocycles. The van der Waals surface area contributed by atoms with Crippen LogP contribution >= 0.6 is 0 Å². The van der Waals surface area contributed by atoms with Crippen molar-refractivity contribution in [2.75, 3.05) is 12.8 Å². The fourth-order valence-corrected chi connectivity index (χ4v) is 1.58. The van der Waals surface area contributed by atoms with Crippen LogP contribution in [-0.4, -0.2) is 23.2 Å². The maximum atomic E-state index is 12.0. The van der Waals surface area contributed by atoms with Gasteiger partial charge in [-0.2, -0.15) is 4.98 Å². The van der Waals surface area contributed by atoms with Gasteiger partial charge in [-0.25, -0.2) is 0 Å². The maximum Gasteiger partial charge on any atom is 0.253 e. The number of nitrogens with zero attached hydrogens (tertiary/aromatic N) is 2. The van der Waals surface area contributed by atoms with Crippen molar-refractivity contribution in [3.8, 4) is 5.75 Å². The number of nitrogens with one attached hydrogen (secondary N) is 1. The van der Waals surface area contributed by atoms with Crippen molar-refractivity contribution in [3.63, 3.8) is 0 Å². The van der Waals surface area contributed by atoms with Gasteiger partial charge in [0.25, 0.3) is 5.91 Å². The number of nitrogens with two attached hydrogens (primary N) is 1. The fraction of sp³-hybridized carbons (Fsp3) is 0.250. The smallest absolute Gasteiger partial charge is 0.253 e. The Bertz CT molecular complexity index is 594. The number of nitrogen functional groups attached to an aromatic ring is 1. The highest BCUT2D eigenvalue weighted by molar-refractivity contribution is 6.00. The molecule has 1 heterocycles. The molecule has 100 valence electrons. The lowest BCUT2D eigenvalue weighted by Gasteiger charge is -2.09. The Kier molecular flexibility index (Phi) is 3.65. The third kappa shape index (κ3) is 2.82. The standard InChI is InChI=1S/C12H14N4O3/c1-7-15-10(19-16-7)6-14-12(17)8-4-3-5-9(18-2)11(8)13/h3-5H,6,13H2,1-2H3,(H,14,17). The van der Waals surface area contributed by atoms with E-state index < -0.39 is 0 Å². The van der Waals surface area contributed by atoms with Crippen molar-refractivity contribution < 1.29 is 14.1 Å². The van der Waals surface area contributed by atoms with Gasteiger partial charge in [0.2, 0.25) is 5.89 Å². The molecule has 7 heteroatoms. The van der Waals surface area contributed by atoms with E-state index in [9.17, 15) is 4.79 Å². The molecule has 0 fully saturated rings. The summed E-state index contributed by atoms with van der Waals surface area (Å²) in [5.74, 6) is 0.992. The first-order valence-electron chi connectivity index (χ1n) is 5.61. The first-order chi connectivity index (χ1) is 9.11. The molecule has 0 atom stereocenters. The van der Waals surface area contributed by atoms with Gasteiger partial charge in [0.05, 0.1) is 24.9 Å². The van der Waals surface area contributed by atoms with Crippen molar-refractivity contribution in [2.24, 2.45) is 0 Å². The van der Waals surface area contributed by atoms with Crippen LogP contribution in [0.15, 0.2) is 22.7 Å². The van der Waals surface area contributed by atoms with Crippen LogP contribution in [0.4, 0.5) is 5.69 Å². The van der Waals surface area contributed by atoms with Gasteiger partial charge in [0, 0.05) is 0 Å². The molecule has 3 N–H and O–H groups in total. The lowest BCUT2D eigenvalue weighted by Crippen LogP contribution is -2.24. The molecule has 0 aliphatic rings. The van der Waals surface area contributed by atoms with Gasteiger partial charge >= 0.3 is 0 Å². The number of hydrogen-bond acceptors (Lipinski definition) is 6. The molecule has 0 saturated carbocycles. The molecule has 0 spiro atoms. The monoisotopic (exact) mass is 262 g/mol. The Labute approximate surface area is 109 Å². The summed E-state index contributed by atoms with van der Waals surface area (Å²) in [7, 11) is 1.49. The van der Waals surface area contributed by atoms with Crippen LogP contribution in [0.1, 0.15) is 22.1 Å². The Balaban J connectivity index is 2.08. The van der Waals surface area contributed by atoms with E-state index in [2.05, 4.69) is 15.5 Å². The first kappa shape index (κ1) is 12.9. The lowest BCUT2D eigenvalue weighted by molar-refractivity contribution is 0.0947. The van der Waals surface area contributed by atoms with E-state index in [4.69, 9.17) is 15.0 Å². The number of methoxy groups -OCH3 is 1. The molecule has 0 radical (unpaired) electrons. The predicted octanol–water partition coefficient (Wildman–Crippen LogP) is 0.899. The minimum Gasteiger partial charge on any atom is -0.495 e. The number of carbonyl (C=O) groups is 1. The zero-order valence-electron chi connectivity index (χ0n) is 10.6. The van der Waals surface area contributed by atoms with E-state index in [0.717, 1.165) is 0 Å². The summed E-state index contributed by atoms with van der Waals surface area (Å²) in [6.07, 6.45) is 0. The molecule has 1 aromatic heterocycles. The Morgan fingerprint density at radius 1 is 1.53 bits per heavy atom. The van der Waals surface area contributed by atoms with Gasteiger partial charge < -0.3 is 20.3 Å². The van der Waals surface area contributed by atoms with Gasteiger partial charge in [-0.1, -0.05) is 11.2 Å². The largest absolute Gasteiger partial charge is 0.495 e. The van der Waals surface area contributed by atoms with E-state index in [1.807, 2.05) is 0 Å². The number of aryl methyl sites for hydroxylation is 1. The second kappa shape index (κ2) is 5.38. The summed E-state index contributed by atoms with van der Waals surface area (Å²) in [4.78, 5) is 16.0. The van der Waals surface area contributed by atoms with Gasteiger partial charge in [-0.3, -0.25) is 4.79 Å². The maximum absolute atomic E-state index is 12.0. The molecule has 7 nitrogen and oxygen atoms in total. The highest BCUT2D eigenvalue weighted by atomic mass is 16.5. The fourth-order valence-electron chi connectivity index (χ4n) is 1.58. The summed E-state index contributed by atoms with van der Waals surface area (Å²) in [5.41, 5.74) is 6.47. The zero-order chi connectivity index (χ0) is 13.8. The summed E-state index contributed by atoms with van der Waals surface area (Å²) in [6.45, 7) is 1.85. The summed E-state index contributed by atoms with van der Waals surface area (Å²) < 4.78 is 9.95. The van der Waals surface area contributed by atoms with Gasteiger partial charge in [-0.15, -0.1) is 0 Å². The van der Waals surface area contributed by atoms with Crippen molar-refractivity contribution in [2.45, 2.75) is 13.5 Å². The Morgan fingerprint density at radius 3 is 2.95 bits per heavy atom. The van der Waals surface area contributed by atoms with Crippen molar-refractivity contribution >= 4 is 11.6 Å². The molecule has 2 rings (SSSR count). The average Bonchev–Trinajstić information content (AvgIpc) is 2.82. The summed E-state index contributed by atoms with van der Waals surface area (Å²) in [5, 5.41) is 6.28. The Morgan fingerprint density at radius 2 is 2.32 bits per heavy atom. The molecule has 19 heavy (non-hydrogen) atoms. The van der Waals surface area contributed by atoms with Crippen LogP contribution in [0.3, 0.4) is 0 Å². The number of para-hydroxylation sites is 1. The number of aromatic nitrogens is 2. The predicted molar refractivity (Wildman–Crippen MR) is 67.6 cm³/mol. The second-order valence-corrected chi connectivity index (χ2v) is 3.84. The SMILES string of the molecule is COc1cccc(C(=O)NCc2nc(C)no2)c1N. The highest BCUT2D eigenvalue weighted by Crippen LogP contribution is 2.24. The number of benzene rings is 1. The Hall–Kier alpha value is -2.57. The zero-order valence-corrected chi connectivity index (χ0v) is 10.6. The van der Waals surface area contributed by atoms with Crippen LogP contribution in [0.5, 0.6) is 5.75 Å². The van der Waals surface area contributed by atoms with Gasteiger partial charge in [0.1, 0.15) is 5.75 Å². The molecule has 1 amide bonds. The highest BCUT2D eigenvalue weighted by Gasteiger charge is 2.13. The lowest BCUT2D eigenvalue weighted by atomic mass is 10.1. The molecular weight excluding hydrogens is 248 g/mol. The number of carbonyl (C=O) groups excluding carboxylic acids is 1. The van der Waals surface area contributed by atoms with Crippen LogP contribution < -0.4 is 15.8 Å². The molecule has 2 aromatic rings. The molecule has 1 aromatic carbocycles. The van der Waals surface area contributed by atoms with E-state index in [1.54, 1.807) is 25.1 Å². The van der Waals surface area contributed by atoms with E-state index in [-0.39, 0.29) is 12.5 Å². The molecule has 0 unspecified atom stereocenters. The molecule has 0 saturated heterocycles. The number of ether oxygens (including phenoxy) is 1. The van der Waals surface area contributed by atoms with Crippen molar-refractivity contribution in [1.82, 2.24) is 15.5 Å². The number of rotatable bonds is 4. The summed E-state index contributed by atoms with van der Waals surface area (Å²) in [6, 6.07) is 5.00. The van der Waals surface area contributed by atoms with Crippen LogP contribution in [0.2, 0.25) is 0 Å². The number of amides is 1. The topological polar surface area (TPSA) is 103 Å². The van der Waals surface area contributed by atoms with Gasteiger partial charge in [-0.05, 0) is 19.1 Å². The minimum absolute atomic E-state index is 0.149. The van der Waals surface area contributed by atoms with Crippen LogP contribution in [-0.2, 0) is 6.54 Å². The third-order valence-corrected chi connectivity index (χ3v) is 2.50. The van der Waals surface area contributed by atoms with E-state index >= 15 is 0 Å². The summed E-state index contributed by atoms with van der Waals surface area (Å²) >= 11 is 0. The molecule has 0 bridgehead atoms. The van der Waals surface area contributed by atoms with Crippen LogP contribution in [0, 0.1) is 6.92 Å².